The molecule has 186 valence electrons. The zero-order chi connectivity index (χ0) is 27.3. The van der Waals surface area contributed by atoms with Crippen molar-refractivity contribution in [3.05, 3.63) is 54.2 Å². The molecular formula is C27H35N5O3. The van der Waals surface area contributed by atoms with Gasteiger partial charge in [-0.25, -0.2) is 4.98 Å². The number of anilines is 2. The van der Waals surface area contributed by atoms with E-state index in [4.69, 9.17) is 4.11 Å². The molecule has 0 saturated heterocycles. The Morgan fingerprint density at radius 2 is 1.89 bits per heavy atom. The first kappa shape index (κ1) is 21.1. The molecule has 0 radical (unpaired) electrons. The van der Waals surface area contributed by atoms with Crippen molar-refractivity contribution < 1.29 is 18.5 Å². The summed E-state index contributed by atoms with van der Waals surface area (Å²) in [5, 5.41) is 8.15. The van der Waals surface area contributed by atoms with E-state index in [-0.39, 0.29) is 18.2 Å². The molecule has 8 nitrogen and oxygen atoms in total. The Labute approximate surface area is 211 Å². The van der Waals surface area contributed by atoms with Gasteiger partial charge in [0.05, 0.1) is 6.04 Å². The molecule has 2 aromatic rings. The second-order valence-electron chi connectivity index (χ2n) is 9.26. The van der Waals surface area contributed by atoms with Crippen molar-refractivity contribution in [1.82, 2.24) is 15.6 Å². The van der Waals surface area contributed by atoms with Crippen molar-refractivity contribution in [2.75, 3.05) is 17.2 Å². The average Bonchev–Trinajstić information content (AvgIpc) is 3.30. The predicted molar refractivity (Wildman–Crippen MR) is 136 cm³/mol. The first-order valence-electron chi connectivity index (χ1n) is 13.9. The molecule has 1 aliphatic carbocycles. The van der Waals surface area contributed by atoms with E-state index >= 15 is 0 Å². The summed E-state index contributed by atoms with van der Waals surface area (Å²) in [4.78, 5) is 46.8. The van der Waals surface area contributed by atoms with Gasteiger partial charge in [-0.3, -0.25) is 19.3 Å². The molecule has 1 aromatic carbocycles. The Hall–Kier alpha value is -3.26. The number of likely N-dealkylation sites (N-methyl/N-ethyl adjacent to an activating group) is 1. The van der Waals surface area contributed by atoms with E-state index in [1.807, 2.05) is 24.3 Å². The third-order valence-corrected chi connectivity index (χ3v) is 6.99. The second-order valence-corrected chi connectivity index (χ2v) is 9.26. The predicted octanol–water partition coefficient (Wildman–Crippen LogP) is 3.04. The molecule has 3 amide bonds. The number of pyridine rings is 1. The minimum absolute atomic E-state index is 0.129. The molecular weight excluding hydrogens is 442 g/mol. The highest BCUT2D eigenvalue weighted by Gasteiger charge is 2.44. The Bertz CT molecular complexity index is 1140. The van der Waals surface area contributed by atoms with E-state index in [0.717, 1.165) is 37.7 Å². The fourth-order valence-corrected chi connectivity index (χ4v) is 5.07. The van der Waals surface area contributed by atoms with Crippen molar-refractivity contribution in [2.45, 2.75) is 70.0 Å². The van der Waals surface area contributed by atoms with Crippen LogP contribution in [0.15, 0.2) is 48.7 Å². The molecule has 1 fully saturated rings. The smallest absolute Gasteiger partial charge is 0.251 e. The number of carbonyl (C=O) groups is 3. The largest absolute Gasteiger partial charge is 0.343 e. The molecule has 8 heteroatoms. The van der Waals surface area contributed by atoms with Crippen LogP contribution in [-0.2, 0) is 20.8 Å². The van der Waals surface area contributed by atoms with E-state index in [0.29, 0.717) is 17.9 Å². The van der Waals surface area contributed by atoms with Crippen LogP contribution in [-0.4, -0.2) is 47.8 Å². The molecule has 1 saturated carbocycles. The van der Waals surface area contributed by atoms with Crippen LogP contribution in [0.5, 0.6) is 0 Å². The Morgan fingerprint density at radius 1 is 1.11 bits per heavy atom. The van der Waals surface area contributed by atoms with E-state index in [1.165, 1.54) is 4.90 Å². The highest BCUT2D eigenvalue weighted by atomic mass is 16.2. The average molecular weight is 481 g/mol. The third-order valence-electron chi connectivity index (χ3n) is 6.99. The number of aromatic nitrogens is 1. The van der Waals surface area contributed by atoms with Gasteiger partial charge in [0.25, 0.3) is 5.91 Å². The van der Waals surface area contributed by atoms with E-state index in [9.17, 15) is 14.4 Å². The normalized spacial score (nSPS) is 21.1. The lowest BCUT2D eigenvalue weighted by Crippen LogP contribution is -2.59. The number of amides is 3. The Kier molecular flexibility index (Phi) is 6.89. The van der Waals surface area contributed by atoms with Crippen LogP contribution in [0, 0.1) is 5.92 Å². The maximum atomic E-state index is 14.3. The van der Waals surface area contributed by atoms with Gasteiger partial charge in [-0.15, -0.1) is 0 Å². The van der Waals surface area contributed by atoms with E-state index in [1.54, 1.807) is 31.3 Å². The standard InChI is InChI=1S/C27H35N5O3/c1-3-21(28-2)25(33)31-23(18-11-6-4-7-12-18)27(35)32-22(17-19-13-10-16-29-24(19)32)26(34)30-20-14-8-5-9-15-20/h5,8-10,13-16,18,21-23,28H,3-4,6-7,11-12,17H2,1-2H3,(H,30,34)(H,31,33)/t21-,22?,23-/m0/s1/i2D3. The topological polar surface area (TPSA) is 103 Å². The van der Waals surface area contributed by atoms with Crippen LogP contribution in [0.3, 0.4) is 0 Å². The first-order chi connectivity index (χ1) is 18.2. The van der Waals surface area contributed by atoms with Gasteiger partial charge in [-0.1, -0.05) is 50.5 Å². The minimum Gasteiger partial charge on any atom is -0.343 e. The van der Waals surface area contributed by atoms with Gasteiger partial charge in [0, 0.05) is 22.4 Å². The summed E-state index contributed by atoms with van der Waals surface area (Å²) in [6.07, 6.45) is 6.55. The molecule has 1 unspecified atom stereocenters. The third kappa shape index (κ3) is 5.53. The molecule has 4 rings (SSSR count). The van der Waals surface area contributed by atoms with E-state index < -0.39 is 36.9 Å². The van der Waals surface area contributed by atoms with Crippen LogP contribution >= 0.6 is 0 Å². The van der Waals surface area contributed by atoms with Crippen molar-refractivity contribution in [3.8, 4) is 0 Å². The summed E-state index contributed by atoms with van der Waals surface area (Å²) in [5.74, 6) is -1.01. The summed E-state index contributed by atoms with van der Waals surface area (Å²) in [5.41, 5.74) is 1.39. The number of carbonyl (C=O) groups excluding carboxylic acids is 3. The summed E-state index contributed by atoms with van der Waals surface area (Å²) in [6.45, 7) is -0.786. The zero-order valence-corrected chi connectivity index (χ0v) is 20.0. The van der Waals surface area contributed by atoms with Crippen LogP contribution < -0.4 is 20.9 Å². The number of para-hydroxylation sites is 1. The first-order valence-corrected chi connectivity index (χ1v) is 12.4. The van der Waals surface area contributed by atoms with Gasteiger partial charge in [0.2, 0.25) is 11.8 Å². The number of benzene rings is 1. The van der Waals surface area contributed by atoms with Gasteiger partial charge in [0.15, 0.2) is 0 Å². The van der Waals surface area contributed by atoms with Crippen molar-refractivity contribution >= 4 is 29.2 Å². The molecule has 0 spiro atoms. The molecule has 1 aliphatic heterocycles. The Morgan fingerprint density at radius 3 is 2.60 bits per heavy atom. The van der Waals surface area contributed by atoms with Crippen LogP contribution in [0.1, 0.15) is 55.1 Å². The van der Waals surface area contributed by atoms with Crippen molar-refractivity contribution in [2.24, 2.45) is 5.92 Å². The number of nitrogens with one attached hydrogen (secondary N) is 3. The van der Waals surface area contributed by atoms with Gasteiger partial charge in [0.1, 0.15) is 17.9 Å². The molecule has 1 aromatic heterocycles. The summed E-state index contributed by atoms with van der Waals surface area (Å²) >= 11 is 0. The maximum Gasteiger partial charge on any atom is 0.251 e. The number of rotatable bonds is 8. The Balaban J connectivity index is 1.63. The number of hydrogen-bond donors (Lipinski definition) is 3. The number of fused-ring (bicyclic) bond motifs is 1. The van der Waals surface area contributed by atoms with Gasteiger partial charge in [-0.2, -0.15) is 0 Å². The van der Waals surface area contributed by atoms with Crippen LogP contribution in [0.25, 0.3) is 0 Å². The molecule has 35 heavy (non-hydrogen) atoms. The molecule has 0 bridgehead atoms. The van der Waals surface area contributed by atoms with Gasteiger partial charge >= 0.3 is 0 Å². The lowest BCUT2D eigenvalue weighted by atomic mass is 9.83. The maximum absolute atomic E-state index is 14.3. The highest BCUT2D eigenvalue weighted by Crippen LogP contribution is 2.34. The van der Waals surface area contributed by atoms with Crippen molar-refractivity contribution in [1.29, 1.82) is 0 Å². The van der Waals surface area contributed by atoms with Gasteiger partial charge < -0.3 is 16.0 Å². The number of nitrogens with zero attached hydrogens (tertiary/aromatic N) is 2. The summed E-state index contributed by atoms with van der Waals surface area (Å²) < 4.78 is 22.6. The molecule has 2 heterocycles. The van der Waals surface area contributed by atoms with Crippen molar-refractivity contribution in [3.63, 3.8) is 0 Å². The second kappa shape index (κ2) is 11.4. The SMILES string of the molecule is [2H]C([2H])([2H])N[C@@H](CC)C(=O)N[C@H](C(=O)N1c2ncccc2CC1C(=O)Nc1ccccc1)C1CCCCC1. The summed E-state index contributed by atoms with van der Waals surface area (Å²) in [6, 6.07) is 9.92. The van der Waals surface area contributed by atoms with Gasteiger partial charge in [-0.05, 0) is 55.9 Å². The monoisotopic (exact) mass is 480 g/mol. The molecule has 3 atom stereocenters. The van der Waals surface area contributed by atoms with Crippen LogP contribution in [0.2, 0.25) is 0 Å². The highest BCUT2D eigenvalue weighted by molar-refractivity contribution is 6.09. The van der Waals surface area contributed by atoms with E-state index in [2.05, 4.69) is 20.9 Å². The minimum atomic E-state index is -2.50. The fraction of sp³-hybridized carbons (Fsp3) is 0.481. The molecule has 3 N–H and O–H groups in total. The molecule has 2 aliphatic rings. The zero-order valence-electron chi connectivity index (χ0n) is 23.0. The number of hydrogen-bond acceptors (Lipinski definition) is 5. The lowest BCUT2D eigenvalue weighted by Gasteiger charge is -2.35. The summed E-state index contributed by atoms with van der Waals surface area (Å²) in [7, 11) is 0. The van der Waals surface area contributed by atoms with Crippen LogP contribution in [0.4, 0.5) is 11.5 Å². The lowest BCUT2D eigenvalue weighted by molar-refractivity contribution is -0.131. The fourth-order valence-electron chi connectivity index (χ4n) is 5.07. The quantitative estimate of drug-likeness (QED) is 0.539.